The van der Waals surface area contributed by atoms with Gasteiger partial charge in [0.1, 0.15) is 12.3 Å². The van der Waals surface area contributed by atoms with Crippen molar-refractivity contribution < 1.29 is 14.3 Å². The van der Waals surface area contributed by atoms with E-state index in [2.05, 4.69) is 20.8 Å². The highest BCUT2D eigenvalue weighted by Crippen LogP contribution is 2.19. The molecule has 0 unspecified atom stereocenters. The van der Waals surface area contributed by atoms with Gasteiger partial charge in [-0.2, -0.15) is 10.2 Å². The molecular formula is C26H28N6O3. The predicted molar refractivity (Wildman–Crippen MR) is 132 cm³/mol. The molecule has 0 bridgehead atoms. The summed E-state index contributed by atoms with van der Waals surface area (Å²) in [6.07, 6.45) is 7.67. The van der Waals surface area contributed by atoms with Crippen LogP contribution in [0, 0.1) is 0 Å². The second-order valence-electron chi connectivity index (χ2n) is 8.13. The van der Waals surface area contributed by atoms with Gasteiger partial charge in [0, 0.05) is 24.4 Å². The van der Waals surface area contributed by atoms with Crippen molar-refractivity contribution in [1.82, 2.24) is 24.9 Å². The summed E-state index contributed by atoms with van der Waals surface area (Å²) in [5.74, 6) is 0.437. The van der Waals surface area contributed by atoms with Crippen LogP contribution in [0.25, 0.3) is 5.69 Å². The minimum absolute atomic E-state index is 0.0360. The largest absolute Gasteiger partial charge is 0.496 e. The number of nitrogens with zero attached hydrogens (tertiary/aromatic N) is 4. The maximum atomic E-state index is 12.5. The first-order valence-electron chi connectivity index (χ1n) is 11.4. The zero-order valence-electron chi connectivity index (χ0n) is 19.7. The number of anilines is 1. The average molecular weight is 473 g/mol. The molecule has 2 heterocycles. The van der Waals surface area contributed by atoms with Gasteiger partial charge < -0.3 is 15.4 Å². The molecule has 0 aliphatic carbocycles. The number of rotatable bonds is 10. The van der Waals surface area contributed by atoms with Crippen molar-refractivity contribution >= 4 is 17.5 Å². The Bertz CT molecular complexity index is 1280. The highest BCUT2D eigenvalue weighted by atomic mass is 16.5. The van der Waals surface area contributed by atoms with Crippen LogP contribution in [-0.2, 0) is 22.6 Å². The molecule has 1 atom stereocenters. The van der Waals surface area contributed by atoms with Gasteiger partial charge in [-0.15, -0.1) is 0 Å². The summed E-state index contributed by atoms with van der Waals surface area (Å²) in [5.41, 5.74) is 3.36. The first kappa shape index (κ1) is 23.7. The van der Waals surface area contributed by atoms with Crippen molar-refractivity contribution in [2.24, 2.45) is 0 Å². The third-order valence-electron chi connectivity index (χ3n) is 5.54. The summed E-state index contributed by atoms with van der Waals surface area (Å²) in [7, 11) is 1.61. The van der Waals surface area contributed by atoms with Crippen molar-refractivity contribution in [2.75, 3.05) is 12.4 Å². The molecule has 0 radical (unpaired) electrons. The number of aryl methyl sites for hydroxylation is 1. The maximum absolute atomic E-state index is 12.5. The number of ether oxygens (including phenoxy) is 1. The Balaban J connectivity index is 1.25. The number of hydrogen-bond donors (Lipinski definition) is 2. The van der Waals surface area contributed by atoms with Gasteiger partial charge in [-0.1, -0.05) is 36.4 Å². The molecule has 0 saturated heterocycles. The Labute approximate surface area is 203 Å². The lowest BCUT2D eigenvalue weighted by Crippen LogP contribution is -2.30. The Hall–Kier alpha value is -4.40. The van der Waals surface area contributed by atoms with E-state index in [0.29, 0.717) is 18.5 Å². The maximum Gasteiger partial charge on any atom is 0.242 e. The van der Waals surface area contributed by atoms with Gasteiger partial charge >= 0.3 is 0 Å². The lowest BCUT2D eigenvalue weighted by molar-refractivity contribution is -0.122. The number of nitrogens with one attached hydrogen (secondary N) is 2. The molecule has 2 amide bonds. The second kappa shape index (κ2) is 11.1. The van der Waals surface area contributed by atoms with Gasteiger partial charge in [-0.3, -0.25) is 14.3 Å². The fraction of sp³-hybridized carbons (Fsp3) is 0.231. The average Bonchev–Trinajstić information content (AvgIpc) is 3.53. The first-order valence-corrected chi connectivity index (χ1v) is 11.4. The monoisotopic (exact) mass is 472 g/mol. The summed E-state index contributed by atoms with van der Waals surface area (Å²) in [6.45, 7) is 1.94. The fourth-order valence-electron chi connectivity index (χ4n) is 3.70. The molecule has 0 aliphatic rings. The molecule has 180 valence electrons. The first-order chi connectivity index (χ1) is 17.0. The summed E-state index contributed by atoms with van der Waals surface area (Å²) in [4.78, 5) is 24.9. The molecule has 35 heavy (non-hydrogen) atoms. The van der Waals surface area contributed by atoms with E-state index >= 15 is 0 Å². The van der Waals surface area contributed by atoms with E-state index in [1.54, 1.807) is 24.2 Å². The molecular weight excluding hydrogens is 444 g/mol. The highest BCUT2D eigenvalue weighted by molar-refractivity contribution is 5.90. The molecule has 0 spiro atoms. The van der Waals surface area contributed by atoms with Crippen molar-refractivity contribution in [1.29, 1.82) is 0 Å². The third-order valence-corrected chi connectivity index (χ3v) is 5.54. The Morgan fingerprint density at radius 2 is 1.74 bits per heavy atom. The van der Waals surface area contributed by atoms with Crippen LogP contribution in [0.4, 0.5) is 5.69 Å². The number of benzene rings is 2. The van der Waals surface area contributed by atoms with Crippen molar-refractivity contribution in [3.05, 3.63) is 90.5 Å². The summed E-state index contributed by atoms with van der Waals surface area (Å²) in [5, 5.41) is 14.3. The van der Waals surface area contributed by atoms with Gasteiger partial charge in [0.15, 0.2) is 0 Å². The van der Waals surface area contributed by atoms with Gasteiger partial charge in [-0.25, -0.2) is 4.68 Å². The van der Waals surface area contributed by atoms with E-state index in [-0.39, 0.29) is 24.4 Å². The third kappa shape index (κ3) is 6.35. The zero-order chi connectivity index (χ0) is 24.6. The van der Waals surface area contributed by atoms with Crippen LogP contribution in [0.5, 0.6) is 5.75 Å². The lowest BCUT2D eigenvalue weighted by Gasteiger charge is -2.12. The molecule has 0 saturated carbocycles. The standard InChI is InChI=1S/C26H28N6O3/c1-19(21-14-28-32(16-21)23-9-4-3-5-10-23)29-26(34)18-31-17-22(15-27-31)30-25(33)13-12-20-8-6-7-11-24(20)35-2/h3-11,14-17,19H,12-13,18H2,1-2H3,(H,29,34)(H,30,33)/t19-/m1/s1. The normalized spacial score (nSPS) is 11.6. The molecule has 0 fully saturated rings. The van der Waals surface area contributed by atoms with E-state index in [4.69, 9.17) is 4.74 Å². The van der Waals surface area contributed by atoms with Crippen LogP contribution in [0.3, 0.4) is 0 Å². The van der Waals surface area contributed by atoms with E-state index in [0.717, 1.165) is 22.6 Å². The van der Waals surface area contributed by atoms with Gasteiger partial charge in [0.2, 0.25) is 11.8 Å². The number of carbonyl (C=O) groups is 2. The molecule has 9 nitrogen and oxygen atoms in total. The Kier molecular flexibility index (Phi) is 7.57. The van der Waals surface area contributed by atoms with Crippen LogP contribution < -0.4 is 15.4 Å². The lowest BCUT2D eigenvalue weighted by atomic mass is 10.1. The molecule has 2 aromatic heterocycles. The molecule has 2 N–H and O–H groups in total. The molecule has 0 aliphatic heterocycles. The van der Waals surface area contributed by atoms with Crippen LogP contribution in [-0.4, -0.2) is 38.5 Å². The molecule has 4 rings (SSSR count). The minimum atomic E-state index is -0.218. The number of methoxy groups -OCH3 is 1. The smallest absolute Gasteiger partial charge is 0.242 e. The van der Waals surface area contributed by atoms with Crippen molar-refractivity contribution in [3.63, 3.8) is 0 Å². The van der Waals surface area contributed by atoms with Crippen molar-refractivity contribution in [2.45, 2.75) is 32.4 Å². The number of para-hydroxylation sites is 2. The van der Waals surface area contributed by atoms with Gasteiger partial charge in [0.25, 0.3) is 0 Å². The summed E-state index contributed by atoms with van der Waals surface area (Å²) >= 11 is 0. The number of carbonyl (C=O) groups excluding carboxylic acids is 2. The van der Waals surface area contributed by atoms with Crippen molar-refractivity contribution in [3.8, 4) is 11.4 Å². The summed E-state index contributed by atoms with van der Waals surface area (Å²) < 4.78 is 8.59. The number of aromatic nitrogens is 4. The molecule has 2 aromatic carbocycles. The predicted octanol–water partition coefficient (Wildman–Crippen LogP) is 3.53. The van der Waals surface area contributed by atoms with E-state index in [1.165, 1.54) is 10.9 Å². The van der Waals surface area contributed by atoms with Gasteiger partial charge in [-0.05, 0) is 37.1 Å². The number of amides is 2. The van der Waals surface area contributed by atoms with Crippen LogP contribution in [0.1, 0.15) is 30.5 Å². The van der Waals surface area contributed by atoms with Gasteiger partial charge in [0.05, 0.1) is 36.9 Å². The topological polar surface area (TPSA) is 103 Å². The molecule has 4 aromatic rings. The second-order valence-corrected chi connectivity index (χ2v) is 8.13. The summed E-state index contributed by atoms with van der Waals surface area (Å²) in [6, 6.07) is 17.2. The minimum Gasteiger partial charge on any atom is -0.496 e. The molecule has 9 heteroatoms. The quantitative estimate of drug-likeness (QED) is 0.368. The number of hydrogen-bond acceptors (Lipinski definition) is 5. The zero-order valence-corrected chi connectivity index (χ0v) is 19.7. The Morgan fingerprint density at radius 3 is 2.54 bits per heavy atom. The SMILES string of the molecule is COc1ccccc1CCC(=O)Nc1cnn(CC(=O)N[C@H](C)c2cnn(-c3ccccc3)c2)c1. The Morgan fingerprint density at radius 1 is 0.971 bits per heavy atom. The van der Waals surface area contributed by atoms with E-state index < -0.39 is 0 Å². The van der Waals surface area contributed by atoms with Crippen LogP contribution >= 0.6 is 0 Å². The fourth-order valence-corrected chi connectivity index (χ4v) is 3.70. The van der Waals surface area contributed by atoms with E-state index in [1.807, 2.05) is 67.7 Å². The van der Waals surface area contributed by atoms with E-state index in [9.17, 15) is 9.59 Å². The van der Waals surface area contributed by atoms with Crippen LogP contribution in [0.15, 0.2) is 79.4 Å². The highest BCUT2D eigenvalue weighted by Gasteiger charge is 2.14. The van der Waals surface area contributed by atoms with Crippen LogP contribution in [0.2, 0.25) is 0 Å².